The quantitative estimate of drug-likeness (QED) is 0.240. The standard InChI is InChI=1S/C21H28N4O9S2/c1-15-5-3-6-17(24-15)12-14-23-13-4-7-19(26)16-8-10-18(11-9-16)25(2)36(31,32)34-21(28)20(27)33-35(22,29)30/h3,5-6,8-11,19,23,26H,4,7,12-14H2,1-2H3,(H2,22,29,30). The Kier molecular flexibility index (Phi) is 10.3. The summed E-state index contributed by atoms with van der Waals surface area (Å²) in [7, 11) is -8.60. The number of aromatic nitrogens is 1. The van der Waals surface area contributed by atoms with E-state index in [1.54, 1.807) is 0 Å². The SMILES string of the molecule is Cc1cccc(CCNCCCC(O)c2ccc(N(C)S(=O)(=O)OC(=O)C(=O)OS(N)(=O)=O)cc2)n1. The van der Waals surface area contributed by atoms with Gasteiger partial charge in [0.2, 0.25) is 0 Å². The van der Waals surface area contributed by atoms with Gasteiger partial charge >= 0.3 is 32.5 Å². The first-order valence-corrected chi connectivity index (χ1v) is 13.5. The second-order valence-electron chi connectivity index (χ2n) is 7.68. The molecule has 198 valence electrons. The molecule has 0 spiro atoms. The van der Waals surface area contributed by atoms with Crippen molar-refractivity contribution in [1.82, 2.24) is 10.3 Å². The molecule has 1 heterocycles. The van der Waals surface area contributed by atoms with Crippen LogP contribution in [0.4, 0.5) is 5.69 Å². The molecule has 0 radical (unpaired) electrons. The minimum Gasteiger partial charge on any atom is -0.388 e. The van der Waals surface area contributed by atoms with Crippen LogP contribution in [0.25, 0.3) is 0 Å². The van der Waals surface area contributed by atoms with Gasteiger partial charge in [0.25, 0.3) is 0 Å². The highest BCUT2D eigenvalue weighted by molar-refractivity contribution is 7.88. The Bertz CT molecular complexity index is 1270. The van der Waals surface area contributed by atoms with E-state index in [1.807, 2.05) is 25.1 Å². The summed E-state index contributed by atoms with van der Waals surface area (Å²) in [6.07, 6.45) is 1.17. The molecule has 13 nitrogen and oxygen atoms in total. The van der Waals surface area contributed by atoms with Gasteiger partial charge in [-0.1, -0.05) is 18.2 Å². The van der Waals surface area contributed by atoms with E-state index < -0.39 is 38.7 Å². The third kappa shape index (κ3) is 9.50. The van der Waals surface area contributed by atoms with Crippen molar-refractivity contribution in [2.45, 2.75) is 32.3 Å². The van der Waals surface area contributed by atoms with Crippen molar-refractivity contribution in [1.29, 1.82) is 0 Å². The van der Waals surface area contributed by atoms with E-state index in [0.717, 1.165) is 31.4 Å². The molecular weight excluding hydrogens is 516 g/mol. The van der Waals surface area contributed by atoms with Gasteiger partial charge in [-0.2, -0.15) is 22.0 Å². The van der Waals surface area contributed by atoms with Crippen molar-refractivity contribution in [3.63, 3.8) is 0 Å². The largest absolute Gasteiger partial charge is 0.435 e. The zero-order valence-corrected chi connectivity index (χ0v) is 21.3. The summed E-state index contributed by atoms with van der Waals surface area (Å²) >= 11 is 0. The number of benzene rings is 1. The average Bonchev–Trinajstić information content (AvgIpc) is 2.79. The highest BCUT2D eigenvalue weighted by Crippen LogP contribution is 2.23. The first-order chi connectivity index (χ1) is 16.8. The van der Waals surface area contributed by atoms with Gasteiger partial charge in [0.05, 0.1) is 11.8 Å². The van der Waals surface area contributed by atoms with Crippen molar-refractivity contribution >= 4 is 38.2 Å². The molecule has 2 aromatic rings. The zero-order valence-electron chi connectivity index (χ0n) is 19.7. The fourth-order valence-corrected chi connectivity index (χ4v) is 4.06. The summed E-state index contributed by atoms with van der Waals surface area (Å²) in [6, 6.07) is 11.6. The van der Waals surface area contributed by atoms with Crippen LogP contribution in [0.5, 0.6) is 0 Å². The molecule has 4 N–H and O–H groups in total. The lowest BCUT2D eigenvalue weighted by atomic mass is 10.0. The molecule has 0 amide bonds. The first kappa shape index (κ1) is 29.1. The Labute approximate surface area is 209 Å². The predicted octanol–water partition coefficient (Wildman–Crippen LogP) is 0.00682. The van der Waals surface area contributed by atoms with Crippen LogP contribution in [0.15, 0.2) is 42.5 Å². The van der Waals surface area contributed by atoms with Gasteiger partial charge in [-0.05, 0) is 56.1 Å². The maximum Gasteiger partial charge on any atom is 0.435 e. The molecule has 2 rings (SSSR count). The molecule has 1 aromatic heterocycles. The Hall–Kier alpha value is -3.11. The smallest absolute Gasteiger partial charge is 0.388 e. The van der Waals surface area contributed by atoms with Gasteiger partial charge in [0, 0.05) is 31.4 Å². The molecule has 0 bridgehead atoms. The van der Waals surface area contributed by atoms with Crippen LogP contribution in [0.2, 0.25) is 0 Å². The van der Waals surface area contributed by atoms with Gasteiger partial charge in [-0.15, -0.1) is 0 Å². The Morgan fingerprint density at radius 1 is 1.06 bits per heavy atom. The molecule has 0 saturated carbocycles. The number of anilines is 1. The number of pyridine rings is 1. The van der Waals surface area contributed by atoms with Crippen LogP contribution in [0.3, 0.4) is 0 Å². The molecule has 1 atom stereocenters. The summed E-state index contributed by atoms with van der Waals surface area (Å²) in [6.45, 7) is 3.39. The highest BCUT2D eigenvalue weighted by Gasteiger charge is 2.31. The number of aliphatic hydroxyl groups is 1. The first-order valence-electron chi connectivity index (χ1n) is 10.7. The number of carbonyl (C=O) groups is 2. The van der Waals surface area contributed by atoms with E-state index in [4.69, 9.17) is 0 Å². The number of rotatable bonds is 12. The van der Waals surface area contributed by atoms with Crippen molar-refractivity contribution in [3.8, 4) is 0 Å². The maximum atomic E-state index is 12.2. The minimum atomic E-state index is -4.82. The molecule has 36 heavy (non-hydrogen) atoms. The van der Waals surface area contributed by atoms with Gasteiger partial charge in [0.15, 0.2) is 0 Å². The molecule has 15 heteroatoms. The molecule has 1 unspecified atom stereocenters. The Balaban J connectivity index is 1.81. The second kappa shape index (κ2) is 12.7. The monoisotopic (exact) mass is 544 g/mol. The van der Waals surface area contributed by atoms with Gasteiger partial charge in [-0.25, -0.2) is 13.9 Å². The summed E-state index contributed by atoms with van der Waals surface area (Å²) < 4.78 is 53.9. The molecule has 0 aliphatic heterocycles. The number of hydrogen-bond donors (Lipinski definition) is 3. The van der Waals surface area contributed by atoms with Crippen LogP contribution >= 0.6 is 0 Å². The van der Waals surface area contributed by atoms with Crippen molar-refractivity contribution in [2.24, 2.45) is 5.14 Å². The van der Waals surface area contributed by atoms with Crippen molar-refractivity contribution in [2.75, 3.05) is 24.4 Å². The van der Waals surface area contributed by atoms with E-state index in [-0.39, 0.29) is 5.69 Å². The van der Waals surface area contributed by atoms with E-state index in [9.17, 15) is 31.5 Å². The summed E-state index contributed by atoms with van der Waals surface area (Å²) in [5, 5.41) is 18.1. The fraction of sp³-hybridized carbons (Fsp3) is 0.381. The van der Waals surface area contributed by atoms with E-state index in [1.165, 1.54) is 24.3 Å². The van der Waals surface area contributed by atoms with Crippen LogP contribution in [-0.2, 0) is 45.0 Å². The third-order valence-electron chi connectivity index (χ3n) is 4.85. The van der Waals surface area contributed by atoms with Crippen LogP contribution in [0.1, 0.15) is 35.9 Å². The molecule has 0 fully saturated rings. The average molecular weight is 545 g/mol. The Morgan fingerprint density at radius 3 is 2.31 bits per heavy atom. The molecule has 0 aliphatic rings. The van der Waals surface area contributed by atoms with E-state index >= 15 is 0 Å². The van der Waals surface area contributed by atoms with Gasteiger partial charge < -0.3 is 18.8 Å². The number of aryl methyl sites for hydroxylation is 1. The number of nitrogens with zero attached hydrogens (tertiary/aromatic N) is 2. The molecular formula is C21H28N4O9S2. The van der Waals surface area contributed by atoms with Crippen LogP contribution < -0.4 is 14.8 Å². The predicted molar refractivity (Wildman–Crippen MR) is 129 cm³/mol. The summed E-state index contributed by atoms with van der Waals surface area (Å²) in [5.74, 6) is -4.21. The summed E-state index contributed by atoms with van der Waals surface area (Å²) in [5.41, 5.74) is 2.57. The maximum absolute atomic E-state index is 12.2. The van der Waals surface area contributed by atoms with Crippen LogP contribution in [-0.4, -0.2) is 59.0 Å². The lowest BCUT2D eigenvalue weighted by molar-refractivity contribution is -0.155. The number of nitrogens with one attached hydrogen (secondary N) is 1. The number of hydrogen-bond acceptors (Lipinski definition) is 11. The third-order valence-corrected chi connectivity index (χ3v) is 6.48. The number of carbonyl (C=O) groups excluding carboxylic acids is 2. The molecule has 1 aromatic carbocycles. The van der Waals surface area contributed by atoms with E-state index in [0.29, 0.717) is 29.3 Å². The van der Waals surface area contributed by atoms with Gasteiger partial charge in [-0.3, -0.25) is 4.98 Å². The second-order valence-corrected chi connectivity index (χ2v) is 10.4. The van der Waals surface area contributed by atoms with Crippen molar-refractivity contribution < 1.29 is 39.9 Å². The molecule has 0 saturated heterocycles. The number of nitrogens with two attached hydrogens (primary N) is 1. The zero-order chi connectivity index (χ0) is 26.9. The lowest BCUT2D eigenvalue weighted by Crippen LogP contribution is -2.35. The summed E-state index contributed by atoms with van der Waals surface area (Å²) in [4.78, 5) is 27.2. The molecule has 0 aliphatic carbocycles. The fourth-order valence-electron chi connectivity index (χ4n) is 3.03. The topological polar surface area (TPSA) is 195 Å². The normalized spacial score (nSPS) is 12.6. The Morgan fingerprint density at radius 2 is 1.69 bits per heavy atom. The van der Waals surface area contributed by atoms with E-state index in [2.05, 4.69) is 23.8 Å². The van der Waals surface area contributed by atoms with Gasteiger partial charge in [0.1, 0.15) is 0 Å². The number of aliphatic hydroxyl groups excluding tert-OH is 1. The van der Waals surface area contributed by atoms with Crippen molar-refractivity contribution in [3.05, 3.63) is 59.4 Å². The van der Waals surface area contributed by atoms with Crippen LogP contribution in [0, 0.1) is 6.92 Å². The minimum absolute atomic E-state index is 0.0463. The lowest BCUT2D eigenvalue weighted by Gasteiger charge is -2.19. The highest BCUT2D eigenvalue weighted by atomic mass is 32.2.